The molecule has 5 heteroatoms. The van der Waals surface area contributed by atoms with Crippen molar-refractivity contribution in [2.75, 3.05) is 19.6 Å². The van der Waals surface area contributed by atoms with Crippen LogP contribution in [-0.4, -0.2) is 41.0 Å². The summed E-state index contributed by atoms with van der Waals surface area (Å²) in [5.41, 5.74) is 0. The van der Waals surface area contributed by atoms with E-state index in [2.05, 4.69) is 4.74 Å². The van der Waals surface area contributed by atoms with E-state index in [1.807, 2.05) is 0 Å². The highest BCUT2D eigenvalue weighted by Crippen LogP contribution is 1.97. The Morgan fingerprint density at radius 2 is 1.86 bits per heavy atom. The van der Waals surface area contributed by atoms with Gasteiger partial charge in [0.1, 0.15) is 0 Å². The average molecular weight is 220 g/mol. The number of carbonyl (C=O) groups excluding carboxylic acids is 2. The van der Waals surface area contributed by atoms with Crippen LogP contribution in [0.2, 0.25) is 0 Å². The quantitative estimate of drug-likeness (QED) is 0.492. The van der Waals surface area contributed by atoms with Gasteiger partial charge in [-0.15, -0.1) is 0 Å². The van der Waals surface area contributed by atoms with Crippen LogP contribution in [0.5, 0.6) is 0 Å². The van der Waals surface area contributed by atoms with Crippen molar-refractivity contribution in [1.82, 2.24) is 0 Å². The maximum Gasteiger partial charge on any atom is 0.305 e. The van der Waals surface area contributed by atoms with Gasteiger partial charge in [-0.05, 0) is 15.9 Å². The van der Waals surface area contributed by atoms with Crippen LogP contribution >= 0.6 is 0 Å². The molecule has 0 aliphatic carbocycles. The van der Waals surface area contributed by atoms with E-state index < -0.39 is 9.52 Å². The first kappa shape index (κ1) is 13.2. The molecule has 4 nitrogen and oxygen atoms in total. The number of hydrogen-bond donors (Lipinski definition) is 0. The first-order valence-electron chi connectivity index (χ1n) is 4.24. The van der Waals surface area contributed by atoms with Gasteiger partial charge in [0, 0.05) is 30.7 Å². The molecule has 82 valence electrons. The molecule has 0 rings (SSSR count). The smallest absolute Gasteiger partial charge is 0.305 e. The van der Waals surface area contributed by atoms with Gasteiger partial charge in [0.15, 0.2) is 5.78 Å². The molecule has 0 radical (unpaired) electrons. The lowest BCUT2D eigenvalue weighted by molar-refractivity contribution is -0.140. The minimum Gasteiger partial charge on any atom is -0.469 e. The molecule has 0 spiro atoms. The van der Waals surface area contributed by atoms with Gasteiger partial charge in [-0.3, -0.25) is 13.8 Å². The van der Waals surface area contributed by atoms with Crippen LogP contribution in [0.1, 0.15) is 19.3 Å². The Balaban J connectivity index is 3.89. The lowest BCUT2D eigenvalue weighted by atomic mass is 10.2. The van der Waals surface area contributed by atoms with Crippen molar-refractivity contribution in [2.24, 2.45) is 0 Å². The molecule has 0 atom stereocenters. The summed E-state index contributed by atoms with van der Waals surface area (Å²) in [6, 6.07) is 0. The van der Waals surface area contributed by atoms with Crippen molar-refractivity contribution in [3.05, 3.63) is 0 Å². The molecule has 0 amide bonds. The lowest BCUT2D eigenvalue weighted by Gasteiger charge is -1.98. The summed E-state index contributed by atoms with van der Waals surface area (Å²) in [5, 5.41) is 1.23. The molecule has 0 unspecified atom stereocenters. The van der Waals surface area contributed by atoms with Gasteiger partial charge >= 0.3 is 5.97 Å². The first-order chi connectivity index (χ1) is 6.35. The molecule has 0 aromatic carbocycles. The van der Waals surface area contributed by atoms with Gasteiger partial charge in [-0.25, -0.2) is 0 Å². The Bertz CT molecular complexity index is 316. The Morgan fingerprint density at radius 1 is 1.29 bits per heavy atom. The maximum atomic E-state index is 11.2. The predicted octanol–water partition coefficient (Wildman–Crippen LogP) is 0.245. The molecule has 0 saturated heterocycles. The molecule has 0 aromatic heterocycles. The molecule has 0 heterocycles. The van der Waals surface area contributed by atoms with Gasteiger partial charge in [0.2, 0.25) is 0 Å². The van der Waals surface area contributed by atoms with Gasteiger partial charge < -0.3 is 4.74 Å². The third kappa shape index (κ3) is 7.79. The fourth-order valence-electron chi connectivity index (χ4n) is 0.884. The zero-order chi connectivity index (χ0) is 11.2. The zero-order valence-electron chi connectivity index (χ0n) is 8.74. The number of rotatable bonds is 5. The second kappa shape index (κ2) is 5.80. The van der Waals surface area contributed by atoms with E-state index in [0.717, 1.165) is 0 Å². The van der Waals surface area contributed by atoms with E-state index >= 15 is 0 Å². The normalized spacial score (nSPS) is 10.8. The fraction of sp³-hybridized carbons (Fsp3) is 0.667. The second-order valence-electron chi connectivity index (χ2n) is 3.32. The Hall–Kier alpha value is -0.840. The number of hydrogen-bond acceptors (Lipinski definition) is 4. The SMILES string of the molecule is COC(=O)CCCC(=O)C=S(C)(C)=O. The minimum absolute atomic E-state index is 0.177. The zero-order valence-corrected chi connectivity index (χ0v) is 9.56. The highest BCUT2D eigenvalue weighted by atomic mass is 32.2. The summed E-state index contributed by atoms with van der Waals surface area (Å²) >= 11 is 0. The summed E-state index contributed by atoms with van der Waals surface area (Å²) < 4.78 is 15.6. The van der Waals surface area contributed by atoms with Crippen molar-refractivity contribution >= 4 is 26.6 Å². The topological polar surface area (TPSA) is 60.4 Å². The number of methoxy groups -OCH3 is 1. The van der Waals surface area contributed by atoms with Crippen LogP contribution in [0.15, 0.2) is 0 Å². The lowest BCUT2D eigenvalue weighted by Crippen LogP contribution is -2.09. The summed E-state index contributed by atoms with van der Waals surface area (Å²) in [6.07, 6.45) is 3.92. The molecule has 0 aliphatic rings. The van der Waals surface area contributed by atoms with Gasteiger partial charge in [0.25, 0.3) is 0 Å². The minimum atomic E-state index is -2.12. The molecular formula is C9H16O4S. The molecule has 0 fully saturated rings. The summed E-state index contributed by atoms with van der Waals surface area (Å²) in [4.78, 5) is 21.8. The van der Waals surface area contributed by atoms with Crippen LogP contribution in [-0.2, 0) is 23.8 Å². The van der Waals surface area contributed by atoms with Crippen LogP contribution in [0.25, 0.3) is 0 Å². The van der Waals surface area contributed by atoms with E-state index in [9.17, 15) is 13.8 Å². The van der Waals surface area contributed by atoms with Crippen molar-refractivity contribution in [3.8, 4) is 0 Å². The molecule has 0 bridgehead atoms. The Morgan fingerprint density at radius 3 is 2.29 bits per heavy atom. The molecule has 0 aromatic rings. The molecule has 14 heavy (non-hydrogen) atoms. The third-order valence-electron chi connectivity index (χ3n) is 1.45. The van der Waals surface area contributed by atoms with Crippen LogP contribution in [0.3, 0.4) is 0 Å². The molecule has 0 aliphatic heterocycles. The van der Waals surface area contributed by atoms with Crippen molar-refractivity contribution < 1.29 is 18.5 Å². The van der Waals surface area contributed by atoms with Gasteiger partial charge in [0.05, 0.1) is 7.11 Å². The number of Topliss-reactive ketones (excluding diaryl/α,β-unsaturated/α-hetero) is 1. The largest absolute Gasteiger partial charge is 0.469 e. The van der Waals surface area contributed by atoms with Crippen molar-refractivity contribution in [3.63, 3.8) is 0 Å². The van der Waals surface area contributed by atoms with E-state index in [-0.39, 0.29) is 24.6 Å². The standard InChI is InChI=1S/C9H16O4S/c1-13-9(11)6-4-5-8(10)7-14(2,3)12/h7H,4-6H2,1-3H3. The van der Waals surface area contributed by atoms with Crippen LogP contribution in [0.4, 0.5) is 0 Å². The summed E-state index contributed by atoms with van der Waals surface area (Å²) in [6.45, 7) is 0. The van der Waals surface area contributed by atoms with E-state index in [4.69, 9.17) is 0 Å². The number of esters is 1. The fourth-order valence-corrected chi connectivity index (χ4v) is 1.64. The second-order valence-corrected chi connectivity index (χ2v) is 6.18. The monoisotopic (exact) mass is 220 g/mol. The van der Waals surface area contributed by atoms with Gasteiger partial charge in [-0.2, -0.15) is 0 Å². The number of ether oxygens (including phenoxy) is 1. The predicted molar refractivity (Wildman–Crippen MR) is 56.9 cm³/mol. The van der Waals surface area contributed by atoms with E-state index in [0.29, 0.717) is 6.42 Å². The summed E-state index contributed by atoms with van der Waals surface area (Å²) in [5.74, 6) is -0.504. The van der Waals surface area contributed by atoms with Crippen molar-refractivity contribution in [1.29, 1.82) is 0 Å². The highest BCUT2D eigenvalue weighted by molar-refractivity contribution is 8.01. The maximum absolute atomic E-state index is 11.2. The number of carbonyl (C=O) groups is 2. The molecular weight excluding hydrogens is 204 g/mol. The molecule has 0 saturated carbocycles. The first-order valence-corrected chi connectivity index (χ1v) is 6.67. The van der Waals surface area contributed by atoms with Crippen molar-refractivity contribution in [2.45, 2.75) is 19.3 Å². The van der Waals surface area contributed by atoms with Crippen LogP contribution in [0, 0.1) is 0 Å². The third-order valence-corrected chi connectivity index (χ3v) is 2.28. The Kier molecular flexibility index (Phi) is 5.45. The van der Waals surface area contributed by atoms with Crippen LogP contribution < -0.4 is 0 Å². The highest BCUT2D eigenvalue weighted by Gasteiger charge is 2.04. The number of ketones is 1. The van der Waals surface area contributed by atoms with E-state index in [1.165, 1.54) is 25.0 Å². The van der Waals surface area contributed by atoms with E-state index in [1.54, 1.807) is 0 Å². The molecule has 0 N–H and O–H groups in total. The summed E-state index contributed by atoms with van der Waals surface area (Å²) in [7, 11) is -0.814. The average Bonchev–Trinajstić information content (AvgIpc) is 2.00. The Labute approximate surface area is 84.6 Å². The van der Waals surface area contributed by atoms with Gasteiger partial charge in [-0.1, -0.05) is 0 Å².